The van der Waals surface area contributed by atoms with Crippen molar-refractivity contribution in [3.8, 4) is 0 Å². The summed E-state index contributed by atoms with van der Waals surface area (Å²) in [4.78, 5) is 28.3. The average molecular weight is 328 g/mol. The average Bonchev–Trinajstić information content (AvgIpc) is 3.08. The number of anilines is 1. The highest BCUT2D eigenvalue weighted by Gasteiger charge is 2.32. The predicted molar refractivity (Wildman–Crippen MR) is 87.1 cm³/mol. The lowest BCUT2D eigenvalue weighted by Crippen LogP contribution is -2.57. The van der Waals surface area contributed by atoms with Gasteiger partial charge in [-0.05, 0) is 42.0 Å². The summed E-state index contributed by atoms with van der Waals surface area (Å²) in [7, 11) is 0. The lowest BCUT2D eigenvalue weighted by molar-refractivity contribution is -0.139. The molecule has 0 aliphatic carbocycles. The van der Waals surface area contributed by atoms with Crippen molar-refractivity contribution >= 4 is 17.5 Å². The van der Waals surface area contributed by atoms with Crippen LogP contribution in [0.15, 0.2) is 30.6 Å². The highest BCUT2D eigenvalue weighted by Crippen LogP contribution is 2.21. The fraction of sp³-hybridized carbons (Fsp3) is 0.438. The van der Waals surface area contributed by atoms with Gasteiger partial charge in [-0.3, -0.25) is 9.59 Å². The van der Waals surface area contributed by atoms with Crippen LogP contribution in [0.2, 0.25) is 0 Å². The number of tetrazole rings is 1. The van der Waals surface area contributed by atoms with E-state index in [1.165, 1.54) is 11.0 Å². The highest BCUT2D eigenvalue weighted by atomic mass is 16.2. The fourth-order valence-electron chi connectivity index (χ4n) is 2.87. The van der Waals surface area contributed by atoms with Gasteiger partial charge in [-0.25, -0.2) is 4.68 Å². The van der Waals surface area contributed by atoms with Crippen LogP contribution in [0, 0.1) is 6.92 Å². The Morgan fingerprint density at radius 3 is 2.92 bits per heavy atom. The van der Waals surface area contributed by atoms with Crippen molar-refractivity contribution in [2.75, 3.05) is 18.0 Å². The molecule has 1 aromatic carbocycles. The number of nitrogens with zero attached hydrogens (tertiary/aromatic N) is 6. The largest absolute Gasteiger partial charge is 0.329 e. The second-order valence-electron chi connectivity index (χ2n) is 6.04. The maximum Gasteiger partial charge on any atom is 0.246 e. The summed E-state index contributed by atoms with van der Waals surface area (Å²) >= 11 is 0. The number of carbonyl (C=O) groups is 2. The topological polar surface area (TPSA) is 84.2 Å². The number of amides is 2. The first kappa shape index (κ1) is 16.1. The second-order valence-corrected chi connectivity index (χ2v) is 6.04. The Labute approximate surface area is 140 Å². The lowest BCUT2D eigenvalue weighted by Gasteiger charge is -2.39. The van der Waals surface area contributed by atoms with Crippen LogP contribution in [-0.2, 0) is 16.1 Å². The van der Waals surface area contributed by atoms with Gasteiger partial charge in [-0.15, -0.1) is 5.10 Å². The molecule has 0 N–H and O–H groups in total. The molecule has 1 aliphatic heterocycles. The minimum absolute atomic E-state index is 0.0374. The zero-order valence-electron chi connectivity index (χ0n) is 13.8. The van der Waals surface area contributed by atoms with E-state index in [0.29, 0.717) is 13.1 Å². The molecule has 24 heavy (non-hydrogen) atoms. The number of aryl methyl sites for hydroxylation is 2. The number of rotatable bonds is 4. The molecule has 1 saturated heterocycles. The number of carbonyl (C=O) groups excluding carboxylic acids is 2. The van der Waals surface area contributed by atoms with Gasteiger partial charge < -0.3 is 9.80 Å². The zero-order chi connectivity index (χ0) is 17.1. The monoisotopic (exact) mass is 328 g/mol. The SMILES string of the molecule is Cc1cccc(N2CC(C)N(C(=O)CCn3cnnn3)CC2=O)c1. The van der Waals surface area contributed by atoms with E-state index in [1.807, 2.05) is 38.1 Å². The summed E-state index contributed by atoms with van der Waals surface area (Å²) in [5, 5.41) is 10.8. The van der Waals surface area contributed by atoms with E-state index < -0.39 is 0 Å². The molecule has 8 nitrogen and oxygen atoms in total. The normalized spacial score (nSPS) is 18.1. The van der Waals surface area contributed by atoms with E-state index >= 15 is 0 Å². The van der Waals surface area contributed by atoms with Crippen molar-refractivity contribution in [3.05, 3.63) is 36.2 Å². The molecule has 1 atom stereocenters. The summed E-state index contributed by atoms with van der Waals surface area (Å²) in [6, 6.07) is 7.80. The summed E-state index contributed by atoms with van der Waals surface area (Å²) in [5.41, 5.74) is 1.99. The van der Waals surface area contributed by atoms with E-state index in [1.54, 1.807) is 9.80 Å². The standard InChI is InChI=1S/C16H20N6O2/c1-12-4-3-5-14(8-12)22-9-13(2)21(10-16(22)24)15(23)6-7-20-11-17-18-19-20/h3-5,8,11,13H,6-7,9-10H2,1-2H3. The highest BCUT2D eigenvalue weighted by molar-refractivity contribution is 5.98. The van der Waals surface area contributed by atoms with Crippen LogP contribution in [0.25, 0.3) is 0 Å². The third-order valence-corrected chi connectivity index (χ3v) is 4.17. The minimum Gasteiger partial charge on any atom is -0.329 e. The molecule has 0 radical (unpaired) electrons. The Morgan fingerprint density at radius 2 is 2.21 bits per heavy atom. The van der Waals surface area contributed by atoms with Crippen LogP contribution in [0.4, 0.5) is 5.69 Å². The Kier molecular flexibility index (Phi) is 4.54. The molecule has 2 heterocycles. The van der Waals surface area contributed by atoms with Gasteiger partial charge in [0.1, 0.15) is 12.9 Å². The van der Waals surface area contributed by atoms with Crippen LogP contribution in [-0.4, -0.2) is 56.1 Å². The molecule has 0 spiro atoms. The van der Waals surface area contributed by atoms with Crippen molar-refractivity contribution in [1.82, 2.24) is 25.1 Å². The summed E-state index contributed by atoms with van der Waals surface area (Å²) in [5.74, 6) is -0.121. The van der Waals surface area contributed by atoms with Crippen molar-refractivity contribution in [2.45, 2.75) is 32.9 Å². The molecule has 126 valence electrons. The molecule has 3 rings (SSSR count). The molecule has 1 fully saturated rings. The molecule has 0 bridgehead atoms. The van der Waals surface area contributed by atoms with Crippen molar-refractivity contribution < 1.29 is 9.59 Å². The molecule has 1 unspecified atom stereocenters. The van der Waals surface area contributed by atoms with Crippen LogP contribution >= 0.6 is 0 Å². The molecule has 0 saturated carbocycles. The Balaban J connectivity index is 1.64. The summed E-state index contributed by atoms with van der Waals surface area (Å²) in [6.07, 6.45) is 1.74. The molecular weight excluding hydrogens is 308 g/mol. The minimum atomic E-state index is -0.0607. The Hall–Kier alpha value is -2.77. The Bertz CT molecular complexity index is 730. The van der Waals surface area contributed by atoms with Gasteiger partial charge in [-0.1, -0.05) is 12.1 Å². The van der Waals surface area contributed by atoms with E-state index in [0.717, 1.165) is 11.3 Å². The van der Waals surface area contributed by atoms with Crippen molar-refractivity contribution in [2.24, 2.45) is 0 Å². The van der Waals surface area contributed by atoms with Crippen LogP contribution < -0.4 is 4.90 Å². The third-order valence-electron chi connectivity index (χ3n) is 4.17. The first-order chi connectivity index (χ1) is 11.5. The van der Waals surface area contributed by atoms with E-state index in [4.69, 9.17) is 0 Å². The van der Waals surface area contributed by atoms with Gasteiger partial charge in [0.05, 0.1) is 6.54 Å². The van der Waals surface area contributed by atoms with Gasteiger partial charge in [0.25, 0.3) is 0 Å². The third kappa shape index (κ3) is 3.42. The van der Waals surface area contributed by atoms with Gasteiger partial charge in [-0.2, -0.15) is 0 Å². The first-order valence-corrected chi connectivity index (χ1v) is 7.92. The fourth-order valence-corrected chi connectivity index (χ4v) is 2.87. The second kappa shape index (κ2) is 6.77. The van der Waals surface area contributed by atoms with Crippen LogP contribution in [0.5, 0.6) is 0 Å². The zero-order valence-corrected chi connectivity index (χ0v) is 13.8. The first-order valence-electron chi connectivity index (χ1n) is 7.92. The van der Waals surface area contributed by atoms with Gasteiger partial charge in [0.15, 0.2) is 0 Å². The lowest BCUT2D eigenvalue weighted by atomic mass is 10.1. The van der Waals surface area contributed by atoms with E-state index in [-0.39, 0.29) is 30.8 Å². The number of benzene rings is 1. The number of aromatic nitrogens is 4. The van der Waals surface area contributed by atoms with Gasteiger partial charge >= 0.3 is 0 Å². The van der Waals surface area contributed by atoms with Crippen molar-refractivity contribution in [1.29, 1.82) is 0 Å². The number of hydrogen-bond donors (Lipinski definition) is 0. The quantitative estimate of drug-likeness (QED) is 0.822. The van der Waals surface area contributed by atoms with Crippen molar-refractivity contribution in [3.63, 3.8) is 0 Å². The number of piperazine rings is 1. The van der Waals surface area contributed by atoms with E-state index in [9.17, 15) is 9.59 Å². The molecule has 8 heteroatoms. The number of hydrogen-bond acceptors (Lipinski definition) is 5. The van der Waals surface area contributed by atoms with Gasteiger partial charge in [0, 0.05) is 24.7 Å². The molecule has 1 aliphatic rings. The summed E-state index contributed by atoms with van der Waals surface area (Å²) in [6.45, 7) is 4.97. The van der Waals surface area contributed by atoms with Crippen LogP contribution in [0.1, 0.15) is 18.9 Å². The molecule has 2 amide bonds. The molecular formula is C16H20N6O2. The molecule has 1 aromatic heterocycles. The maximum absolute atomic E-state index is 12.5. The predicted octanol–water partition coefficient (Wildman–Crippen LogP) is 0.636. The maximum atomic E-state index is 12.5. The van der Waals surface area contributed by atoms with E-state index in [2.05, 4.69) is 15.5 Å². The van der Waals surface area contributed by atoms with Gasteiger partial charge in [0.2, 0.25) is 11.8 Å². The summed E-state index contributed by atoms with van der Waals surface area (Å²) < 4.78 is 1.51. The van der Waals surface area contributed by atoms with Crippen LogP contribution in [0.3, 0.4) is 0 Å². The smallest absolute Gasteiger partial charge is 0.246 e. The Morgan fingerprint density at radius 1 is 1.38 bits per heavy atom. The molecule has 2 aromatic rings.